The first-order chi connectivity index (χ1) is 20.0. The second-order valence-electron chi connectivity index (χ2n) is 14.8. The molecule has 0 bridgehead atoms. The first-order valence-electron chi connectivity index (χ1n) is 16.5. The third-order valence-electron chi connectivity index (χ3n) is 13.0. The number of aliphatic hydroxyl groups is 2. The van der Waals surface area contributed by atoms with Crippen LogP contribution in [0.2, 0.25) is 0 Å². The molecule has 1 aromatic rings. The summed E-state index contributed by atoms with van der Waals surface area (Å²) in [4.78, 5) is 3.79. The Hall–Kier alpha value is -0.890. The summed E-state index contributed by atoms with van der Waals surface area (Å²) < 4.78 is 44.5. The number of phosphoric ester groups is 1. The number of phosphoric acid groups is 1. The molecule has 5 unspecified atom stereocenters. The molecule has 4 aliphatic carbocycles. The van der Waals surface area contributed by atoms with Crippen molar-refractivity contribution in [3.8, 4) is 0 Å². The highest BCUT2D eigenvalue weighted by molar-refractivity contribution is 7.48. The highest BCUT2D eigenvalue weighted by Crippen LogP contribution is 2.69. The van der Waals surface area contributed by atoms with Gasteiger partial charge in [-0.25, -0.2) is 8.96 Å². The van der Waals surface area contributed by atoms with Gasteiger partial charge >= 0.3 is 7.82 Å². The zero-order valence-corrected chi connectivity index (χ0v) is 26.7. The summed E-state index contributed by atoms with van der Waals surface area (Å²) in [5.74, 6) is 2.39. The third kappa shape index (κ3) is 5.24. The van der Waals surface area contributed by atoms with Crippen molar-refractivity contribution < 1.29 is 32.7 Å². The lowest BCUT2D eigenvalue weighted by Crippen LogP contribution is -2.62. The van der Waals surface area contributed by atoms with E-state index in [-0.39, 0.29) is 42.2 Å². The van der Waals surface area contributed by atoms with E-state index in [4.69, 9.17) is 13.6 Å². The number of nitrogens with zero attached hydrogens (tertiary/aromatic N) is 1. The van der Waals surface area contributed by atoms with Crippen LogP contribution in [0.15, 0.2) is 18.5 Å². The fourth-order valence-corrected chi connectivity index (χ4v) is 12.3. The van der Waals surface area contributed by atoms with Crippen LogP contribution < -0.4 is 0 Å². The van der Waals surface area contributed by atoms with Gasteiger partial charge in [-0.2, -0.15) is 0 Å². The van der Waals surface area contributed by atoms with E-state index in [1.807, 2.05) is 0 Å². The van der Waals surface area contributed by atoms with E-state index in [1.165, 1.54) is 12.6 Å². The lowest BCUT2D eigenvalue weighted by molar-refractivity contribution is -0.203. The average molecular weight is 608 g/mol. The van der Waals surface area contributed by atoms with Crippen molar-refractivity contribution in [2.45, 2.75) is 110 Å². The molecule has 1 aromatic heterocycles. The molecule has 4 saturated carbocycles. The molecule has 0 aromatic carbocycles. The van der Waals surface area contributed by atoms with E-state index in [1.54, 1.807) is 6.07 Å². The number of halogens is 1. The highest BCUT2D eigenvalue weighted by Gasteiger charge is 2.64. The molecule has 9 heteroatoms. The van der Waals surface area contributed by atoms with Crippen LogP contribution in [0.5, 0.6) is 0 Å². The van der Waals surface area contributed by atoms with Gasteiger partial charge in [-0.3, -0.25) is 18.6 Å². The Balaban J connectivity index is 1.11. The van der Waals surface area contributed by atoms with Gasteiger partial charge in [0.1, 0.15) is 5.82 Å². The molecule has 1 saturated heterocycles. The Morgan fingerprint density at radius 1 is 1.12 bits per heavy atom. The minimum absolute atomic E-state index is 0.156. The van der Waals surface area contributed by atoms with Gasteiger partial charge in [0.2, 0.25) is 0 Å². The number of hydrogen-bond donors (Lipinski definition) is 2. The van der Waals surface area contributed by atoms with Crippen LogP contribution in [-0.2, 0) is 18.1 Å². The van der Waals surface area contributed by atoms with Gasteiger partial charge in [0.15, 0.2) is 0 Å². The normalized spacial score (nSPS) is 47.7. The second kappa shape index (κ2) is 11.8. The fraction of sp³-hybridized carbons (Fsp3) is 0.848. The summed E-state index contributed by atoms with van der Waals surface area (Å²) in [6, 6.07) is 1.55. The standard InChI is InChI=1S/C33H51FNO6P/c1-5-22-27-18-21(36)8-13-33(27,4)26-9-14-32(3)24(6-7-25(32)30(26)31(22)37)20(2)11-16-39-42(38)40-17-12-29(41-42)23-10-15-35-19-28(23)34/h10,15,19-22,24-27,29-31,36-37H,5-9,11-14,16-18H2,1-4H3/t20-,21-,22-,24?,25?,26?,27?,29+,30?,31-,32-,33-,42+/m1/s1. The molecule has 13 atom stereocenters. The average Bonchev–Trinajstić information content (AvgIpc) is 3.31. The van der Waals surface area contributed by atoms with Gasteiger partial charge in [0.05, 0.1) is 37.7 Å². The molecule has 0 spiro atoms. The molecule has 2 heterocycles. The van der Waals surface area contributed by atoms with Crippen LogP contribution in [0.4, 0.5) is 4.39 Å². The van der Waals surface area contributed by atoms with E-state index in [0.29, 0.717) is 47.5 Å². The largest absolute Gasteiger partial charge is 0.475 e. The van der Waals surface area contributed by atoms with Crippen LogP contribution in [0, 0.1) is 58.1 Å². The molecule has 7 nitrogen and oxygen atoms in total. The van der Waals surface area contributed by atoms with Crippen molar-refractivity contribution >= 4 is 7.82 Å². The monoisotopic (exact) mass is 607 g/mol. The summed E-state index contributed by atoms with van der Waals surface area (Å²) in [5, 5.41) is 22.5. The zero-order chi connectivity index (χ0) is 29.9. The van der Waals surface area contributed by atoms with Gasteiger partial charge in [-0.15, -0.1) is 0 Å². The summed E-state index contributed by atoms with van der Waals surface area (Å²) in [7, 11) is -3.79. The molecule has 42 heavy (non-hydrogen) atoms. The molecule has 0 radical (unpaired) electrons. The van der Waals surface area contributed by atoms with Crippen LogP contribution >= 0.6 is 7.82 Å². The maximum atomic E-state index is 14.3. The number of pyridine rings is 1. The van der Waals surface area contributed by atoms with Crippen molar-refractivity contribution in [3.63, 3.8) is 0 Å². The molecule has 2 N–H and O–H groups in total. The van der Waals surface area contributed by atoms with Crippen molar-refractivity contribution in [3.05, 3.63) is 29.8 Å². The van der Waals surface area contributed by atoms with E-state index >= 15 is 0 Å². The van der Waals surface area contributed by atoms with E-state index < -0.39 is 19.7 Å². The summed E-state index contributed by atoms with van der Waals surface area (Å²) >= 11 is 0. The first-order valence-corrected chi connectivity index (χ1v) is 18.0. The van der Waals surface area contributed by atoms with Crippen LogP contribution in [0.1, 0.15) is 104 Å². The molecular formula is C33H51FNO6P. The van der Waals surface area contributed by atoms with E-state index in [9.17, 15) is 19.2 Å². The minimum Gasteiger partial charge on any atom is -0.393 e. The predicted molar refractivity (Wildman–Crippen MR) is 158 cm³/mol. The van der Waals surface area contributed by atoms with Gasteiger partial charge < -0.3 is 10.2 Å². The summed E-state index contributed by atoms with van der Waals surface area (Å²) in [6.07, 6.45) is 11.0. The molecule has 5 aliphatic rings. The van der Waals surface area contributed by atoms with E-state index in [0.717, 1.165) is 57.6 Å². The Morgan fingerprint density at radius 3 is 2.64 bits per heavy atom. The minimum atomic E-state index is -3.79. The smallest absolute Gasteiger partial charge is 0.393 e. The van der Waals surface area contributed by atoms with Gasteiger partial charge in [0, 0.05) is 18.2 Å². The van der Waals surface area contributed by atoms with Crippen molar-refractivity contribution in [1.82, 2.24) is 4.98 Å². The fourth-order valence-electron chi connectivity index (χ4n) is 10.9. The maximum absolute atomic E-state index is 14.3. The number of hydrogen-bond acceptors (Lipinski definition) is 7. The van der Waals surface area contributed by atoms with Gasteiger partial charge in [0.25, 0.3) is 0 Å². The lowest BCUT2D eigenvalue weighted by Gasteiger charge is -2.64. The van der Waals surface area contributed by atoms with Crippen LogP contribution in [0.25, 0.3) is 0 Å². The summed E-state index contributed by atoms with van der Waals surface area (Å²) in [6.45, 7) is 9.90. The number of fused-ring (bicyclic) bond motifs is 5. The Bertz CT molecular complexity index is 1170. The molecule has 0 amide bonds. The molecular weight excluding hydrogens is 556 g/mol. The molecule has 1 aliphatic heterocycles. The molecule has 236 valence electrons. The first kappa shape index (κ1) is 31.1. The second-order valence-corrected chi connectivity index (χ2v) is 16.4. The van der Waals surface area contributed by atoms with Crippen molar-refractivity contribution in [1.29, 1.82) is 0 Å². The van der Waals surface area contributed by atoms with Gasteiger partial charge in [-0.05, 0) is 110 Å². The van der Waals surface area contributed by atoms with Crippen LogP contribution in [0.3, 0.4) is 0 Å². The third-order valence-corrected chi connectivity index (χ3v) is 14.5. The Morgan fingerprint density at radius 2 is 1.88 bits per heavy atom. The number of aliphatic hydroxyl groups excluding tert-OH is 2. The summed E-state index contributed by atoms with van der Waals surface area (Å²) in [5.41, 5.74) is 0.681. The van der Waals surface area contributed by atoms with Crippen molar-refractivity contribution in [2.24, 2.45) is 52.3 Å². The van der Waals surface area contributed by atoms with Crippen molar-refractivity contribution in [2.75, 3.05) is 13.2 Å². The maximum Gasteiger partial charge on any atom is 0.475 e. The predicted octanol–water partition coefficient (Wildman–Crippen LogP) is 7.48. The highest BCUT2D eigenvalue weighted by atomic mass is 31.2. The zero-order valence-electron chi connectivity index (χ0n) is 25.8. The SMILES string of the molecule is CC[C@@H]1C2C[C@H](O)CC[C@]2(C)C2CC[C@@]3(C)C(CCC3[C@H](C)CCO[P@@]3(=O)OCC[C@@H](c4ccncc4F)O3)C2[C@@H]1O. The number of aromatic nitrogens is 1. The Kier molecular flexibility index (Phi) is 8.74. The topological polar surface area (TPSA) is 98.1 Å². The quantitative estimate of drug-likeness (QED) is 0.310. The number of rotatable bonds is 7. The van der Waals surface area contributed by atoms with Gasteiger partial charge in [-0.1, -0.05) is 34.1 Å². The molecule has 6 rings (SSSR count). The van der Waals surface area contributed by atoms with Crippen LogP contribution in [-0.4, -0.2) is 40.6 Å². The van der Waals surface area contributed by atoms with E-state index in [2.05, 4.69) is 32.7 Å². The Labute approximate surface area is 250 Å². The lowest BCUT2D eigenvalue weighted by atomic mass is 9.41. The molecule has 5 fully saturated rings.